The molecule has 2 aromatic carbocycles. The van der Waals surface area contributed by atoms with E-state index in [0.29, 0.717) is 6.04 Å². The first-order valence-electron chi connectivity index (χ1n) is 7.06. The van der Waals surface area contributed by atoms with Crippen molar-refractivity contribution in [2.24, 2.45) is 0 Å². The van der Waals surface area contributed by atoms with Crippen LogP contribution in [0.5, 0.6) is 0 Å². The summed E-state index contributed by atoms with van der Waals surface area (Å²) in [7, 11) is 0. The Bertz CT molecular complexity index is 538. The van der Waals surface area contributed by atoms with Gasteiger partial charge in [0.1, 0.15) is 0 Å². The maximum atomic E-state index is 3.64. The van der Waals surface area contributed by atoms with Gasteiger partial charge in [-0.05, 0) is 30.0 Å². The molecular weight excluding hydrogens is 242 g/mol. The molecule has 0 fully saturated rings. The minimum Gasteiger partial charge on any atom is -0.306 e. The van der Waals surface area contributed by atoms with Crippen molar-refractivity contribution in [3.05, 3.63) is 90.2 Å². The molecule has 20 heavy (non-hydrogen) atoms. The van der Waals surface area contributed by atoms with Gasteiger partial charge in [0.25, 0.3) is 0 Å². The smallest absolute Gasteiger partial charge is 0.0326 e. The van der Waals surface area contributed by atoms with Crippen LogP contribution >= 0.6 is 0 Å². The van der Waals surface area contributed by atoms with Gasteiger partial charge in [0.2, 0.25) is 0 Å². The van der Waals surface area contributed by atoms with Gasteiger partial charge in [-0.1, -0.05) is 67.2 Å². The first kappa shape index (κ1) is 14.3. The summed E-state index contributed by atoms with van der Waals surface area (Å²) in [5.74, 6) is 0. The molecule has 0 heterocycles. The van der Waals surface area contributed by atoms with Crippen molar-refractivity contribution in [1.82, 2.24) is 5.32 Å². The zero-order chi connectivity index (χ0) is 14.0. The topological polar surface area (TPSA) is 12.0 Å². The molecule has 0 saturated carbocycles. The van der Waals surface area contributed by atoms with Crippen molar-refractivity contribution >= 4 is 0 Å². The third kappa shape index (κ3) is 4.55. The molecule has 0 saturated heterocycles. The van der Waals surface area contributed by atoms with Gasteiger partial charge in [0, 0.05) is 12.6 Å². The Labute approximate surface area is 121 Å². The van der Waals surface area contributed by atoms with E-state index in [-0.39, 0.29) is 0 Å². The summed E-state index contributed by atoms with van der Waals surface area (Å²) >= 11 is 0. The Kier molecular flexibility index (Phi) is 5.85. The Balaban J connectivity index is 2.00. The van der Waals surface area contributed by atoms with E-state index in [0.717, 1.165) is 19.4 Å². The third-order valence-electron chi connectivity index (χ3n) is 3.34. The summed E-state index contributed by atoms with van der Waals surface area (Å²) in [6.45, 7) is 4.51. The first-order chi connectivity index (χ1) is 9.90. The summed E-state index contributed by atoms with van der Waals surface area (Å²) in [6.07, 6.45) is 4.05. The summed E-state index contributed by atoms with van der Waals surface area (Å²) in [5.41, 5.74) is 5.49. The molecule has 1 unspecified atom stereocenters. The van der Waals surface area contributed by atoms with Gasteiger partial charge in [-0.2, -0.15) is 0 Å². The first-order valence-corrected chi connectivity index (χ1v) is 7.06. The standard InChI is InChI=1S/C19H21N/c1-2-3-6-15-19(18-13-9-5-10-14-18)20-16-17-11-7-4-8-12-17/h3-5,7-14,19-20H,1,6,15-16H2. The second-order valence-electron chi connectivity index (χ2n) is 4.82. The van der Waals surface area contributed by atoms with Gasteiger partial charge in [0.05, 0.1) is 0 Å². The van der Waals surface area contributed by atoms with E-state index in [1.54, 1.807) is 0 Å². The summed E-state index contributed by atoms with van der Waals surface area (Å²) < 4.78 is 0. The fourth-order valence-corrected chi connectivity index (χ4v) is 2.26. The molecule has 0 bridgehead atoms. The van der Waals surface area contributed by atoms with Crippen LogP contribution in [-0.2, 0) is 6.54 Å². The third-order valence-corrected chi connectivity index (χ3v) is 3.34. The lowest BCUT2D eigenvalue weighted by molar-refractivity contribution is 0.503. The largest absolute Gasteiger partial charge is 0.306 e. The van der Waals surface area contributed by atoms with Gasteiger partial charge < -0.3 is 5.32 Å². The van der Waals surface area contributed by atoms with Crippen LogP contribution in [0.25, 0.3) is 0 Å². The molecule has 0 aliphatic heterocycles. The minimum atomic E-state index is 0.362. The van der Waals surface area contributed by atoms with Gasteiger partial charge in [0.15, 0.2) is 0 Å². The van der Waals surface area contributed by atoms with Crippen molar-refractivity contribution < 1.29 is 0 Å². The lowest BCUT2D eigenvalue weighted by Crippen LogP contribution is -2.20. The highest BCUT2D eigenvalue weighted by atomic mass is 14.9. The Morgan fingerprint density at radius 1 is 1.00 bits per heavy atom. The molecule has 1 atom stereocenters. The SMILES string of the molecule is C=C=CCCC(NCc1ccccc1)c1ccccc1. The monoisotopic (exact) mass is 263 g/mol. The quantitative estimate of drug-likeness (QED) is 0.718. The van der Waals surface area contributed by atoms with E-state index in [1.807, 2.05) is 12.1 Å². The molecule has 1 nitrogen and oxygen atoms in total. The van der Waals surface area contributed by atoms with Crippen molar-refractivity contribution in [2.75, 3.05) is 0 Å². The van der Waals surface area contributed by atoms with Crippen LogP contribution in [0.1, 0.15) is 30.0 Å². The number of benzene rings is 2. The highest BCUT2D eigenvalue weighted by Gasteiger charge is 2.09. The van der Waals surface area contributed by atoms with Crippen LogP contribution in [0.15, 0.2) is 79.0 Å². The molecule has 2 aromatic rings. The predicted octanol–water partition coefficient (Wildman–Crippen LogP) is 4.64. The van der Waals surface area contributed by atoms with Gasteiger partial charge in [-0.25, -0.2) is 0 Å². The summed E-state index contributed by atoms with van der Waals surface area (Å²) in [4.78, 5) is 0. The zero-order valence-corrected chi connectivity index (χ0v) is 11.8. The van der Waals surface area contributed by atoms with Crippen LogP contribution < -0.4 is 5.32 Å². The van der Waals surface area contributed by atoms with Crippen LogP contribution in [-0.4, -0.2) is 0 Å². The Hall–Kier alpha value is -2.08. The molecule has 102 valence electrons. The lowest BCUT2D eigenvalue weighted by Gasteiger charge is -2.18. The van der Waals surface area contributed by atoms with Gasteiger partial charge in [-0.3, -0.25) is 0 Å². The van der Waals surface area contributed by atoms with Crippen molar-refractivity contribution in [2.45, 2.75) is 25.4 Å². The number of rotatable bonds is 7. The Morgan fingerprint density at radius 3 is 2.30 bits per heavy atom. The summed E-state index contributed by atoms with van der Waals surface area (Å²) in [6, 6.07) is 21.5. The van der Waals surface area contributed by atoms with Gasteiger partial charge in [-0.15, -0.1) is 5.73 Å². The molecule has 2 rings (SSSR count). The van der Waals surface area contributed by atoms with Crippen molar-refractivity contribution in [1.29, 1.82) is 0 Å². The maximum Gasteiger partial charge on any atom is 0.0326 e. The number of hydrogen-bond donors (Lipinski definition) is 1. The van der Waals surface area contributed by atoms with E-state index < -0.39 is 0 Å². The molecule has 0 radical (unpaired) electrons. The maximum absolute atomic E-state index is 3.64. The second kappa shape index (κ2) is 8.16. The van der Waals surface area contributed by atoms with Crippen LogP contribution in [0.4, 0.5) is 0 Å². The normalized spacial score (nSPS) is 11.6. The van der Waals surface area contributed by atoms with Crippen molar-refractivity contribution in [3.8, 4) is 0 Å². The number of allylic oxidation sites excluding steroid dienone is 1. The van der Waals surface area contributed by atoms with Crippen LogP contribution in [0.2, 0.25) is 0 Å². The molecule has 1 N–H and O–H groups in total. The van der Waals surface area contributed by atoms with E-state index in [2.05, 4.69) is 72.2 Å². The minimum absolute atomic E-state index is 0.362. The van der Waals surface area contributed by atoms with E-state index in [9.17, 15) is 0 Å². The van der Waals surface area contributed by atoms with E-state index in [4.69, 9.17) is 0 Å². The molecule has 0 aliphatic rings. The van der Waals surface area contributed by atoms with Crippen LogP contribution in [0, 0.1) is 0 Å². The number of nitrogens with one attached hydrogen (secondary N) is 1. The predicted molar refractivity (Wildman–Crippen MR) is 85.4 cm³/mol. The van der Waals surface area contributed by atoms with Crippen LogP contribution in [0.3, 0.4) is 0 Å². The second-order valence-corrected chi connectivity index (χ2v) is 4.82. The highest BCUT2D eigenvalue weighted by Crippen LogP contribution is 2.19. The fraction of sp³-hybridized carbons (Fsp3) is 0.211. The fourth-order valence-electron chi connectivity index (χ4n) is 2.26. The average molecular weight is 263 g/mol. The molecule has 0 aromatic heterocycles. The molecule has 0 aliphatic carbocycles. The lowest BCUT2D eigenvalue weighted by atomic mass is 10.0. The average Bonchev–Trinajstić information content (AvgIpc) is 2.52. The zero-order valence-electron chi connectivity index (χ0n) is 11.8. The summed E-state index contributed by atoms with van der Waals surface area (Å²) in [5, 5.41) is 3.64. The van der Waals surface area contributed by atoms with E-state index in [1.165, 1.54) is 11.1 Å². The highest BCUT2D eigenvalue weighted by molar-refractivity contribution is 5.20. The van der Waals surface area contributed by atoms with Crippen molar-refractivity contribution in [3.63, 3.8) is 0 Å². The number of hydrogen-bond acceptors (Lipinski definition) is 1. The Morgan fingerprint density at radius 2 is 1.65 bits per heavy atom. The van der Waals surface area contributed by atoms with E-state index >= 15 is 0 Å². The molecule has 0 amide bonds. The molecule has 1 heteroatoms. The molecule has 0 spiro atoms. The molecular formula is C19H21N. The van der Waals surface area contributed by atoms with Gasteiger partial charge >= 0.3 is 0 Å².